The Balaban J connectivity index is 1.96. The summed E-state index contributed by atoms with van der Waals surface area (Å²) >= 11 is 7.54. The fraction of sp³-hybridized carbons (Fsp3) is 0.0625. The summed E-state index contributed by atoms with van der Waals surface area (Å²) in [7, 11) is 1.53. The van der Waals surface area contributed by atoms with Crippen LogP contribution in [0.5, 0.6) is 11.5 Å². The maximum absolute atomic E-state index is 9.75. The first-order chi connectivity index (χ1) is 10.2. The van der Waals surface area contributed by atoms with Gasteiger partial charge in [0.05, 0.1) is 17.3 Å². The highest BCUT2D eigenvalue weighted by molar-refractivity contribution is 7.19. The SMILES string of the molecule is COc1c(O)cccc1C=Cc1nc2cc(Cl)ccc2s1. The topological polar surface area (TPSA) is 42.4 Å². The first kappa shape index (κ1) is 13.9. The monoisotopic (exact) mass is 317 g/mol. The molecule has 0 aliphatic rings. The number of benzene rings is 2. The number of aromatic hydroxyl groups is 1. The minimum atomic E-state index is 0.121. The number of hydrogen-bond acceptors (Lipinski definition) is 4. The Morgan fingerprint density at radius 3 is 2.90 bits per heavy atom. The van der Waals surface area contributed by atoms with E-state index >= 15 is 0 Å². The lowest BCUT2D eigenvalue weighted by Gasteiger charge is -2.05. The van der Waals surface area contributed by atoms with Gasteiger partial charge in [0.1, 0.15) is 5.01 Å². The number of phenolic OH excluding ortho intramolecular Hbond substituents is 1. The zero-order chi connectivity index (χ0) is 14.8. The lowest BCUT2D eigenvalue weighted by molar-refractivity contribution is 0.372. The lowest BCUT2D eigenvalue weighted by Crippen LogP contribution is -1.86. The van der Waals surface area contributed by atoms with E-state index in [-0.39, 0.29) is 5.75 Å². The van der Waals surface area contributed by atoms with E-state index in [0.29, 0.717) is 10.8 Å². The van der Waals surface area contributed by atoms with Crippen molar-refractivity contribution in [2.45, 2.75) is 0 Å². The minimum Gasteiger partial charge on any atom is -0.504 e. The molecule has 0 fully saturated rings. The maximum Gasteiger partial charge on any atom is 0.167 e. The Morgan fingerprint density at radius 1 is 1.24 bits per heavy atom. The molecule has 2 aromatic carbocycles. The second-order valence-corrected chi connectivity index (χ2v) is 5.90. The number of nitrogens with zero attached hydrogens (tertiary/aromatic N) is 1. The van der Waals surface area contributed by atoms with Gasteiger partial charge < -0.3 is 9.84 Å². The Morgan fingerprint density at radius 2 is 2.10 bits per heavy atom. The van der Waals surface area contributed by atoms with Crippen LogP contribution in [0, 0.1) is 0 Å². The summed E-state index contributed by atoms with van der Waals surface area (Å²) in [5.41, 5.74) is 1.69. The second kappa shape index (κ2) is 5.76. The van der Waals surface area contributed by atoms with E-state index in [1.54, 1.807) is 23.5 Å². The van der Waals surface area contributed by atoms with Crippen molar-refractivity contribution in [3.8, 4) is 11.5 Å². The number of para-hydroxylation sites is 1. The van der Waals surface area contributed by atoms with Crippen LogP contribution in [0.2, 0.25) is 5.02 Å². The molecule has 0 bridgehead atoms. The fourth-order valence-electron chi connectivity index (χ4n) is 2.05. The highest BCUT2D eigenvalue weighted by atomic mass is 35.5. The fourth-order valence-corrected chi connectivity index (χ4v) is 3.06. The van der Waals surface area contributed by atoms with Crippen LogP contribution in [0.25, 0.3) is 22.4 Å². The first-order valence-corrected chi connectivity index (χ1v) is 7.47. The Kier molecular flexibility index (Phi) is 3.82. The zero-order valence-corrected chi connectivity index (χ0v) is 12.8. The van der Waals surface area contributed by atoms with Gasteiger partial charge in [0.2, 0.25) is 0 Å². The molecule has 0 radical (unpaired) electrons. The van der Waals surface area contributed by atoms with Crippen LogP contribution in [0.4, 0.5) is 0 Å². The van der Waals surface area contributed by atoms with Crippen molar-refractivity contribution in [3.05, 3.63) is 52.0 Å². The van der Waals surface area contributed by atoms with Gasteiger partial charge in [-0.2, -0.15) is 0 Å². The molecule has 106 valence electrons. The van der Waals surface area contributed by atoms with Crippen molar-refractivity contribution in [3.63, 3.8) is 0 Å². The molecule has 0 amide bonds. The highest BCUT2D eigenvalue weighted by Crippen LogP contribution is 2.32. The average Bonchev–Trinajstić information content (AvgIpc) is 2.87. The van der Waals surface area contributed by atoms with E-state index in [1.807, 2.05) is 36.4 Å². The molecular formula is C16H12ClNO2S. The average molecular weight is 318 g/mol. The van der Waals surface area contributed by atoms with Crippen molar-refractivity contribution in [2.24, 2.45) is 0 Å². The molecule has 3 nitrogen and oxygen atoms in total. The van der Waals surface area contributed by atoms with Gasteiger partial charge in [0.25, 0.3) is 0 Å². The smallest absolute Gasteiger partial charge is 0.167 e. The first-order valence-electron chi connectivity index (χ1n) is 6.27. The number of phenols is 1. The molecule has 3 rings (SSSR count). The Labute approximate surface area is 131 Å². The predicted molar refractivity (Wildman–Crippen MR) is 88.2 cm³/mol. The van der Waals surface area contributed by atoms with E-state index in [2.05, 4.69) is 4.98 Å². The summed E-state index contributed by atoms with van der Waals surface area (Å²) in [5, 5.41) is 11.3. The highest BCUT2D eigenvalue weighted by Gasteiger charge is 2.06. The van der Waals surface area contributed by atoms with E-state index < -0.39 is 0 Å². The largest absolute Gasteiger partial charge is 0.504 e. The molecule has 0 saturated heterocycles. The van der Waals surface area contributed by atoms with E-state index in [1.165, 1.54) is 7.11 Å². The van der Waals surface area contributed by atoms with Crippen LogP contribution >= 0.6 is 22.9 Å². The van der Waals surface area contributed by atoms with Crippen LogP contribution < -0.4 is 4.74 Å². The number of thiazole rings is 1. The van der Waals surface area contributed by atoms with Gasteiger partial charge in [-0.05, 0) is 36.4 Å². The third kappa shape index (κ3) is 2.86. The predicted octanol–water partition coefficient (Wildman–Crippen LogP) is 4.83. The number of fused-ring (bicyclic) bond motifs is 1. The summed E-state index contributed by atoms with van der Waals surface area (Å²) in [6, 6.07) is 10.9. The molecule has 1 N–H and O–H groups in total. The van der Waals surface area contributed by atoms with E-state index in [4.69, 9.17) is 16.3 Å². The number of ether oxygens (including phenoxy) is 1. The van der Waals surface area contributed by atoms with Gasteiger partial charge >= 0.3 is 0 Å². The standard InChI is InChI=1S/C16H12ClNO2S/c1-20-16-10(3-2-4-13(16)19)5-8-15-18-12-9-11(17)6-7-14(12)21-15/h2-9,19H,1H3. The Bertz CT molecular complexity index is 826. The van der Waals surface area contributed by atoms with Gasteiger partial charge in [-0.3, -0.25) is 0 Å². The molecule has 1 aromatic heterocycles. The van der Waals surface area contributed by atoms with Crippen LogP contribution in [-0.2, 0) is 0 Å². The molecular weight excluding hydrogens is 306 g/mol. The van der Waals surface area contributed by atoms with Crippen molar-refractivity contribution in [1.82, 2.24) is 4.98 Å². The summed E-state index contributed by atoms with van der Waals surface area (Å²) in [5.74, 6) is 0.577. The third-order valence-electron chi connectivity index (χ3n) is 3.00. The number of halogens is 1. The van der Waals surface area contributed by atoms with Crippen molar-refractivity contribution < 1.29 is 9.84 Å². The number of methoxy groups -OCH3 is 1. The Hall–Kier alpha value is -2.04. The molecule has 0 atom stereocenters. The molecule has 0 unspecified atom stereocenters. The molecule has 0 aliphatic heterocycles. The zero-order valence-electron chi connectivity index (χ0n) is 11.2. The van der Waals surface area contributed by atoms with Gasteiger partial charge in [-0.1, -0.05) is 23.7 Å². The van der Waals surface area contributed by atoms with Gasteiger partial charge in [-0.25, -0.2) is 4.98 Å². The molecule has 21 heavy (non-hydrogen) atoms. The minimum absolute atomic E-state index is 0.121. The van der Waals surface area contributed by atoms with Crippen molar-refractivity contribution >= 4 is 45.3 Å². The summed E-state index contributed by atoms with van der Waals surface area (Å²) in [6.45, 7) is 0. The van der Waals surface area contributed by atoms with E-state index in [9.17, 15) is 5.11 Å². The molecule has 3 aromatic rings. The molecule has 0 saturated carbocycles. The maximum atomic E-state index is 9.75. The molecule has 1 heterocycles. The van der Waals surface area contributed by atoms with Crippen molar-refractivity contribution in [1.29, 1.82) is 0 Å². The van der Waals surface area contributed by atoms with Crippen LogP contribution in [0.3, 0.4) is 0 Å². The van der Waals surface area contributed by atoms with Crippen LogP contribution in [0.1, 0.15) is 10.6 Å². The lowest BCUT2D eigenvalue weighted by atomic mass is 10.1. The quantitative estimate of drug-likeness (QED) is 0.752. The summed E-state index contributed by atoms with van der Waals surface area (Å²) in [4.78, 5) is 4.51. The van der Waals surface area contributed by atoms with Crippen LogP contribution in [0.15, 0.2) is 36.4 Å². The van der Waals surface area contributed by atoms with E-state index in [0.717, 1.165) is 20.8 Å². The summed E-state index contributed by atoms with van der Waals surface area (Å²) < 4.78 is 6.29. The molecule has 5 heteroatoms. The van der Waals surface area contributed by atoms with Gasteiger partial charge in [-0.15, -0.1) is 11.3 Å². The van der Waals surface area contributed by atoms with Gasteiger partial charge in [0, 0.05) is 10.6 Å². The molecule has 0 spiro atoms. The number of rotatable bonds is 3. The molecule has 0 aliphatic carbocycles. The third-order valence-corrected chi connectivity index (χ3v) is 4.24. The second-order valence-electron chi connectivity index (χ2n) is 4.40. The van der Waals surface area contributed by atoms with Crippen molar-refractivity contribution in [2.75, 3.05) is 7.11 Å². The normalized spacial score (nSPS) is 11.3. The number of aromatic nitrogens is 1. The number of hydrogen-bond donors (Lipinski definition) is 1. The summed E-state index contributed by atoms with van der Waals surface area (Å²) in [6.07, 6.45) is 3.77. The van der Waals surface area contributed by atoms with Gasteiger partial charge in [0.15, 0.2) is 11.5 Å². The van der Waals surface area contributed by atoms with Crippen LogP contribution in [-0.4, -0.2) is 17.2 Å².